The van der Waals surface area contributed by atoms with Gasteiger partial charge in [-0.25, -0.2) is 9.18 Å². The van der Waals surface area contributed by atoms with Crippen molar-refractivity contribution in [3.63, 3.8) is 0 Å². The minimum atomic E-state index is -1.40. The van der Waals surface area contributed by atoms with E-state index in [1.807, 2.05) is 0 Å². The van der Waals surface area contributed by atoms with Crippen LogP contribution in [0.3, 0.4) is 0 Å². The summed E-state index contributed by atoms with van der Waals surface area (Å²) in [5, 5.41) is 0. The molecule has 4 nitrogen and oxygen atoms in total. The van der Waals surface area contributed by atoms with E-state index in [4.69, 9.17) is 11.2 Å². The molecule has 1 aliphatic rings. The zero-order chi connectivity index (χ0) is 18.5. The molecule has 0 amide bonds. The van der Waals surface area contributed by atoms with E-state index in [0.29, 0.717) is 6.42 Å². The fourth-order valence-corrected chi connectivity index (χ4v) is 2.53. The van der Waals surface area contributed by atoms with Crippen LogP contribution in [-0.2, 0) is 19.1 Å². The summed E-state index contributed by atoms with van der Waals surface area (Å²) < 4.78 is 37.0. The second-order valence-corrected chi connectivity index (χ2v) is 6.04. The number of hydrogen-bond donors (Lipinski definition) is 0. The Morgan fingerprint density at radius 1 is 1.33 bits per heavy atom. The van der Waals surface area contributed by atoms with Crippen LogP contribution in [0, 0.1) is 29.6 Å². The Kier molecular flexibility index (Phi) is 6.70. The Labute approximate surface area is 140 Å². The van der Waals surface area contributed by atoms with E-state index in [1.165, 1.54) is 6.08 Å². The number of carbonyl (C=O) groups excluding carboxylic acids is 2. The van der Waals surface area contributed by atoms with E-state index < -0.39 is 46.9 Å². The van der Waals surface area contributed by atoms with Crippen molar-refractivity contribution < 1.29 is 27.8 Å². The van der Waals surface area contributed by atoms with Crippen molar-refractivity contribution in [1.82, 2.24) is 0 Å². The zero-order valence-electron chi connectivity index (χ0n) is 14.3. The quantitative estimate of drug-likeness (QED) is 0.404. The van der Waals surface area contributed by atoms with E-state index in [9.17, 15) is 18.4 Å². The van der Waals surface area contributed by atoms with Crippen molar-refractivity contribution in [2.24, 2.45) is 17.3 Å². The lowest BCUT2D eigenvalue weighted by atomic mass is 10.1. The largest absolute Gasteiger partial charge is 0.461 e. The molecular formula is C18H22F2O4. The monoisotopic (exact) mass is 340 g/mol. The highest BCUT2D eigenvalue weighted by Gasteiger charge is 2.62. The van der Waals surface area contributed by atoms with Gasteiger partial charge in [-0.3, -0.25) is 4.79 Å². The molecular weight excluding hydrogens is 318 g/mol. The molecule has 1 aliphatic carbocycles. The second kappa shape index (κ2) is 8.09. The van der Waals surface area contributed by atoms with Crippen LogP contribution in [0.4, 0.5) is 8.78 Å². The van der Waals surface area contributed by atoms with E-state index >= 15 is 0 Å². The lowest BCUT2D eigenvalue weighted by Crippen LogP contribution is -2.20. The number of ether oxygens (including phenoxy) is 2. The molecule has 24 heavy (non-hydrogen) atoms. The molecule has 0 spiro atoms. The summed E-state index contributed by atoms with van der Waals surface area (Å²) in [6, 6.07) is 0. The van der Waals surface area contributed by atoms with Gasteiger partial charge in [0, 0.05) is 0 Å². The van der Waals surface area contributed by atoms with Gasteiger partial charge in [0.25, 0.3) is 0 Å². The first-order valence-electron chi connectivity index (χ1n) is 7.77. The molecule has 132 valence electrons. The van der Waals surface area contributed by atoms with Gasteiger partial charge in [0.05, 0.1) is 12.5 Å². The first-order valence-corrected chi connectivity index (χ1v) is 7.77. The van der Waals surface area contributed by atoms with Crippen LogP contribution in [0.1, 0.15) is 34.1 Å². The Bertz CT molecular complexity index is 599. The molecule has 0 aromatic carbocycles. The Morgan fingerprint density at radius 2 is 1.96 bits per heavy atom. The van der Waals surface area contributed by atoms with Crippen LogP contribution >= 0.6 is 0 Å². The highest BCUT2D eigenvalue weighted by Crippen LogP contribution is 2.60. The number of hydrogen-bond acceptors (Lipinski definition) is 4. The fourth-order valence-electron chi connectivity index (χ4n) is 2.53. The van der Waals surface area contributed by atoms with E-state index in [-0.39, 0.29) is 6.61 Å². The van der Waals surface area contributed by atoms with Gasteiger partial charge < -0.3 is 9.47 Å². The SMILES string of the molecule is C#CC(OC(=O)C1C(/C=C(\F)C(=O)OCC)C1(C)C)/C(F)=C/CC. The van der Waals surface area contributed by atoms with Gasteiger partial charge in [-0.1, -0.05) is 26.7 Å². The van der Waals surface area contributed by atoms with Gasteiger partial charge in [0.2, 0.25) is 11.9 Å². The molecule has 3 unspecified atom stereocenters. The molecule has 0 aromatic heterocycles. The van der Waals surface area contributed by atoms with Crippen molar-refractivity contribution >= 4 is 11.9 Å². The van der Waals surface area contributed by atoms with Gasteiger partial charge in [-0.2, -0.15) is 4.39 Å². The first-order chi connectivity index (χ1) is 11.2. The maximum atomic E-state index is 13.7. The summed E-state index contributed by atoms with van der Waals surface area (Å²) in [5.74, 6) is -2.76. The molecule has 0 aromatic rings. The van der Waals surface area contributed by atoms with Gasteiger partial charge in [-0.05, 0) is 36.8 Å². The normalized spacial score (nSPS) is 23.9. The van der Waals surface area contributed by atoms with E-state index in [2.05, 4.69) is 10.7 Å². The molecule has 0 bridgehead atoms. The molecule has 0 radical (unpaired) electrons. The first kappa shape index (κ1) is 19.9. The van der Waals surface area contributed by atoms with Gasteiger partial charge in [-0.15, -0.1) is 6.42 Å². The van der Waals surface area contributed by atoms with Crippen LogP contribution in [0.25, 0.3) is 0 Å². The average Bonchev–Trinajstić information content (AvgIpc) is 3.05. The van der Waals surface area contributed by atoms with Crippen LogP contribution in [-0.4, -0.2) is 24.6 Å². The Morgan fingerprint density at radius 3 is 2.46 bits per heavy atom. The van der Waals surface area contributed by atoms with Crippen molar-refractivity contribution in [2.45, 2.75) is 40.2 Å². The second-order valence-electron chi connectivity index (χ2n) is 6.04. The number of allylic oxidation sites excluding steroid dienone is 2. The topological polar surface area (TPSA) is 52.6 Å². The smallest absolute Gasteiger partial charge is 0.366 e. The number of carbonyl (C=O) groups is 2. The maximum Gasteiger partial charge on any atom is 0.366 e. The van der Waals surface area contributed by atoms with Gasteiger partial charge >= 0.3 is 11.9 Å². The predicted octanol–water partition coefficient (Wildman–Crippen LogP) is 3.48. The van der Waals surface area contributed by atoms with E-state index in [0.717, 1.165) is 6.08 Å². The van der Waals surface area contributed by atoms with Gasteiger partial charge in [0.15, 0.2) is 0 Å². The summed E-state index contributed by atoms with van der Waals surface area (Å²) in [7, 11) is 0. The lowest BCUT2D eigenvalue weighted by molar-refractivity contribution is -0.148. The molecule has 6 heteroatoms. The lowest BCUT2D eigenvalue weighted by Gasteiger charge is -2.11. The van der Waals surface area contributed by atoms with E-state index in [1.54, 1.807) is 27.7 Å². The fraction of sp³-hybridized carbons (Fsp3) is 0.556. The molecule has 1 fully saturated rings. The van der Waals surface area contributed by atoms with Crippen LogP contribution in [0.5, 0.6) is 0 Å². The molecule has 0 saturated heterocycles. The van der Waals surface area contributed by atoms with Crippen molar-refractivity contribution in [3.05, 3.63) is 23.8 Å². The molecule has 3 atom stereocenters. The third kappa shape index (κ3) is 4.44. The Balaban J connectivity index is 2.82. The number of esters is 2. The highest BCUT2D eigenvalue weighted by molar-refractivity contribution is 5.87. The molecule has 0 aliphatic heterocycles. The average molecular weight is 340 g/mol. The summed E-state index contributed by atoms with van der Waals surface area (Å²) in [6.45, 7) is 6.78. The molecule has 1 rings (SSSR count). The van der Waals surface area contributed by atoms with Crippen molar-refractivity contribution in [3.8, 4) is 12.3 Å². The number of terminal acetylenes is 1. The van der Waals surface area contributed by atoms with Crippen LogP contribution < -0.4 is 0 Å². The standard InChI is InChI=1S/C18H22F2O4/c1-6-9-12(19)14(7-2)24-17(22)15-11(18(15,4)5)10-13(20)16(21)23-8-3/h2,9-11,14-15H,6,8H2,1,3-5H3/b12-9-,13-10-. The maximum absolute atomic E-state index is 13.7. The highest BCUT2D eigenvalue weighted by atomic mass is 19.1. The summed E-state index contributed by atoms with van der Waals surface area (Å²) in [6.07, 6.45) is 6.48. The number of rotatable bonds is 7. The van der Waals surface area contributed by atoms with Crippen LogP contribution in [0.2, 0.25) is 0 Å². The van der Waals surface area contributed by atoms with Gasteiger partial charge in [0.1, 0.15) is 5.83 Å². The Hall–Kier alpha value is -2.16. The third-order valence-corrected chi connectivity index (χ3v) is 4.00. The number of halogens is 2. The van der Waals surface area contributed by atoms with Crippen molar-refractivity contribution in [1.29, 1.82) is 0 Å². The molecule has 0 heterocycles. The third-order valence-electron chi connectivity index (χ3n) is 4.00. The molecule has 1 saturated carbocycles. The van der Waals surface area contributed by atoms with Crippen LogP contribution in [0.15, 0.2) is 23.8 Å². The summed E-state index contributed by atoms with van der Waals surface area (Å²) >= 11 is 0. The van der Waals surface area contributed by atoms with Crippen molar-refractivity contribution in [2.75, 3.05) is 6.61 Å². The summed E-state index contributed by atoms with van der Waals surface area (Å²) in [5.41, 5.74) is -0.620. The minimum Gasteiger partial charge on any atom is -0.461 e. The summed E-state index contributed by atoms with van der Waals surface area (Å²) in [4.78, 5) is 23.5. The zero-order valence-corrected chi connectivity index (χ0v) is 14.3. The predicted molar refractivity (Wildman–Crippen MR) is 84.8 cm³/mol. The molecule has 0 N–H and O–H groups in total. The minimum absolute atomic E-state index is 0.0481.